The lowest BCUT2D eigenvalue weighted by Crippen LogP contribution is -2.09. The Hall–Kier alpha value is -2.20. The summed E-state index contributed by atoms with van der Waals surface area (Å²) in [6.45, 7) is 6.05. The molecule has 1 N–H and O–H groups in total. The van der Waals surface area contributed by atoms with E-state index in [1.54, 1.807) is 33.5 Å². The van der Waals surface area contributed by atoms with Crippen molar-refractivity contribution in [1.29, 1.82) is 0 Å². The fourth-order valence-electron chi connectivity index (χ4n) is 3.07. The third kappa shape index (κ3) is 3.27. The van der Waals surface area contributed by atoms with E-state index in [2.05, 4.69) is 12.1 Å². The van der Waals surface area contributed by atoms with Crippen molar-refractivity contribution in [3.8, 4) is 17.2 Å². The Labute approximate surface area is 137 Å². The minimum Gasteiger partial charge on any atom is -0.496 e. The van der Waals surface area contributed by atoms with Gasteiger partial charge in [0.15, 0.2) is 0 Å². The zero-order valence-electron chi connectivity index (χ0n) is 14.6. The van der Waals surface area contributed by atoms with Gasteiger partial charge in [-0.1, -0.05) is 17.7 Å². The molecule has 2 aromatic rings. The van der Waals surface area contributed by atoms with E-state index in [1.165, 1.54) is 5.56 Å². The maximum atomic E-state index is 11.0. The van der Waals surface area contributed by atoms with Crippen molar-refractivity contribution in [2.24, 2.45) is 0 Å². The van der Waals surface area contributed by atoms with Crippen LogP contribution < -0.4 is 14.2 Å². The molecule has 4 nitrogen and oxygen atoms in total. The molecular weight excluding hydrogens is 292 g/mol. The maximum Gasteiger partial charge on any atom is 0.132 e. The van der Waals surface area contributed by atoms with Gasteiger partial charge in [0.25, 0.3) is 0 Å². The van der Waals surface area contributed by atoms with Crippen LogP contribution in [0.25, 0.3) is 0 Å². The molecule has 0 spiro atoms. The Morgan fingerprint density at radius 1 is 0.739 bits per heavy atom. The molecule has 2 rings (SSSR count). The molecule has 0 aliphatic heterocycles. The number of rotatable bonds is 5. The summed E-state index contributed by atoms with van der Waals surface area (Å²) in [5, 5.41) is 11.0. The fraction of sp³-hybridized carbons (Fsp3) is 0.368. The van der Waals surface area contributed by atoms with Crippen LogP contribution in [0, 0.1) is 20.8 Å². The lowest BCUT2D eigenvalue weighted by Gasteiger charge is -2.22. The molecule has 1 atom stereocenters. The van der Waals surface area contributed by atoms with Gasteiger partial charge in [-0.25, -0.2) is 0 Å². The van der Waals surface area contributed by atoms with Crippen LogP contribution >= 0.6 is 0 Å². The standard InChI is InChI=1S/C19H24O4/c1-11-7-12(2)17(13(3)8-11)19(20)18-15(22-5)9-14(21-4)10-16(18)23-6/h7-10,19-20H,1-6H3. The number of hydrogen-bond donors (Lipinski definition) is 1. The van der Waals surface area contributed by atoms with Crippen molar-refractivity contribution in [2.75, 3.05) is 21.3 Å². The third-order valence-electron chi connectivity index (χ3n) is 4.04. The second kappa shape index (κ2) is 6.92. The van der Waals surface area contributed by atoms with Gasteiger partial charge in [-0.3, -0.25) is 0 Å². The first-order valence-corrected chi connectivity index (χ1v) is 7.48. The smallest absolute Gasteiger partial charge is 0.132 e. The summed E-state index contributed by atoms with van der Waals surface area (Å²) in [5.41, 5.74) is 4.72. The predicted octanol–water partition coefficient (Wildman–Crippen LogP) is 3.72. The highest BCUT2D eigenvalue weighted by molar-refractivity contribution is 5.56. The van der Waals surface area contributed by atoms with E-state index in [0.29, 0.717) is 22.8 Å². The highest BCUT2D eigenvalue weighted by Gasteiger charge is 2.24. The van der Waals surface area contributed by atoms with Gasteiger partial charge in [-0.2, -0.15) is 0 Å². The largest absolute Gasteiger partial charge is 0.496 e. The second-order valence-electron chi connectivity index (χ2n) is 5.66. The van der Waals surface area contributed by atoms with Gasteiger partial charge in [0.2, 0.25) is 0 Å². The van der Waals surface area contributed by atoms with Crippen LogP contribution in [0.5, 0.6) is 17.2 Å². The van der Waals surface area contributed by atoms with Gasteiger partial charge in [0, 0.05) is 12.1 Å². The molecule has 0 bridgehead atoms. The molecule has 23 heavy (non-hydrogen) atoms. The van der Waals surface area contributed by atoms with Crippen LogP contribution in [-0.4, -0.2) is 26.4 Å². The summed E-state index contributed by atoms with van der Waals surface area (Å²) in [6.07, 6.45) is -0.841. The number of benzene rings is 2. The molecule has 124 valence electrons. The minimum absolute atomic E-state index is 0.535. The highest BCUT2D eigenvalue weighted by Crippen LogP contribution is 2.42. The predicted molar refractivity (Wildman–Crippen MR) is 90.8 cm³/mol. The molecule has 0 aliphatic carbocycles. The van der Waals surface area contributed by atoms with E-state index in [-0.39, 0.29) is 0 Å². The summed E-state index contributed by atoms with van der Waals surface area (Å²) in [4.78, 5) is 0. The lowest BCUT2D eigenvalue weighted by molar-refractivity contribution is 0.207. The van der Waals surface area contributed by atoms with Crippen LogP contribution in [0.2, 0.25) is 0 Å². The Morgan fingerprint density at radius 3 is 1.61 bits per heavy atom. The normalized spacial score (nSPS) is 12.0. The van der Waals surface area contributed by atoms with Crippen LogP contribution in [0.15, 0.2) is 24.3 Å². The number of methoxy groups -OCH3 is 3. The van der Waals surface area contributed by atoms with E-state index >= 15 is 0 Å². The van der Waals surface area contributed by atoms with E-state index in [0.717, 1.165) is 16.7 Å². The van der Waals surface area contributed by atoms with Gasteiger partial charge in [-0.15, -0.1) is 0 Å². The molecule has 0 fully saturated rings. The number of aliphatic hydroxyl groups is 1. The Bertz CT molecular complexity index is 659. The summed E-state index contributed by atoms with van der Waals surface area (Å²) < 4.78 is 16.2. The van der Waals surface area contributed by atoms with Crippen molar-refractivity contribution in [1.82, 2.24) is 0 Å². The first-order valence-electron chi connectivity index (χ1n) is 7.48. The molecule has 2 aromatic carbocycles. The number of aryl methyl sites for hydroxylation is 3. The maximum absolute atomic E-state index is 11.0. The Balaban J connectivity index is 2.66. The van der Waals surface area contributed by atoms with Crippen LogP contribution in [0.1, 0.15) is 33.9 Å². The summed E-state index contributed by atoms with van der Waals surface area (Å²) in [5.74, 6) is 1.69. The van der Waals surface area contributed by atoms with Gasteiger partial charge < -0.3 is 19.3 Å². The van der Waals surface area contributed by atoms with Crippen LogP contribution in [-0.2, 0) is 0 Å². The molecule has 0 aromatic heterocycles. The minimum atomic E-state index is -0.841. The molecule has 0 saturated carbocycles. The number of aliphatic hydroxyl groups excluding tert-OH is 1. The zero-order valence-corrected chi connectivity index (χ0v) is 14.6. The first-order chi connectivity index (χ1) is 10.9. The monoisotopic (exact) mass is 316 g/mol. The van der Waals surface area contributed by atoms with E-state index in [4.69, 9.17) is 14.2 Å². The van der Waals surface area contributed by atoms with E-state index in [1.807, 2.05) is 20.8 Å². The van der Waals surface area contributed by atoms with E-state index < -0.39 is 6.10 Å². The molecule has 0 aliphatic rings. The SMILES string of the molecule is COc1cc(OC)c(C(O)c2c(C)cc(C)cc2C)c(OC)c1. The average Bonchev–Trinajstić information content (AvgIpc) is 2.52. The first kappa shape index (κ1) is 17.2. The lowest BCUT2D eigenvalue weighted by atomic mass is 9.91. The number of hydrogen-bond acceptors (Lipinski definition) is 4. The van der Waals surface area contributed by atoms with Gasteiger partial charge >= 0.3 is 0 Å². The Kier molecular flexibility index (Phi) is 5.16. The second-order valence-corrected chi connectivity index (χ2v) is 5.66. The Morgan fingerprint density at radius 2 is 1.22 bits per heavy atom. The van der Waals surface area contributed by atoms with Crippen molar-refractivity contribution in [3.63, 3.8) is 0 Å². The third-order valence-corrected chi connectivity index (χ3v) is 4.04. The van der Waals surface area contributed by atoms with Crippen LogP contribution in [0.3, 0.4) is 0 Å². The van der Waals surface area contributed by atoms with Crippen molar-refractivity contribution in [2.45, 2.75) is 26.9 Å². The quantitative estimate of drug-likeness (QED) is 0.913. The summed E-state index contributed by atoms with van der Waals surface area (Å²) in [6, 6.07) is 7.63. The van der Waals surface area contributed by atoms with Gasteiger partial charge in [0.05, 0.1) is 26.9 Å². The molecule has 1 unspecified atom stereocenters. The summed E-state index contributed by atoms with van der Waals surface area (Å²) >= 11 is 0. The topological polar surface area (TPSA) is 47.9 Å². The molecular formula is C19H24O4. The molecule has 0 saturated heterocycles. The van der Waals surface area contributed by atoms with Crippen molar-refractivity contribution < 1.29 is 19.3 Å². The molecule has 0 amide bonds. The molecule has 0 heterocycles. The van der Waals surface area contributed by atoms with E-state index in [9.17, 15) is 5.11 Å². The fourth-order valence-corrected chi connectivity index (χ4v) is 3.07. The van der Waals surface area contributed by atoms with Gasteiger partial charge in [0.1, 0.15) is 23.4 Å². The molecule has 0 radical (unpaired) electrons. The van der Waals surface area contributed by atoms with Crippen LogP contribution in [0.4, 0.5) is 0 Å². The zero-order chi connectivity index (χ0) is 17.1. The number of ether oxygens (including phenoxy) is 3. The van der Waals surface area contributed by atoms with Gasteiger partial charge in [-0.05, 0) is 37.5 Å². The summed E-state index contributed by atoms with van der Waals surface area (Å²) in [7, 11) is 4.72. The van der Waals surface area contributed by atoms with Crippen molar-refractivity contribution >= 4 is 0 Å². The highest BCUT2D eigenvalue weighted by atomic mass is 16.5. The van der Waals surface area contributed by atoms with Crippen molar-refractivity contribution in [3.05, 3.63) is 52.1 Å². The molecule has 4 heteroatoms. The average molecular weight is 316 g/mol.